The summed E-state index contributed by atoms with van der Waals surface area (Å²) >= 11 is 6.04. The number of hydrazine groups is 1. The summed E-state index contributed by atoms with van der Waals surface area (Å²) in [4.78, 5) is 43.3. The van der Waals surface area contributed by atoms with Gasteiger partial charge in [0.2, 0.25) is 11.8 Å². The number of nitrogens with zero attached hydrogens (tertiary/aromatic N) is 3. The highest BCUT2D eigenvalue weighted by atomic mass is 35.5. The fraction of sp³-hybridized carbons (Fsp3) is 0.379. The molecule has 0 spiro atoms. The number of hydrogen-bond donors (Lipinski definition) is 3. The predicted octanol–water partition coefficient (Wildman–Crippen LogP) is 4.64. The minimum Gasteiger partial charge on any atom is -0.447 e. The van der Waals surface area contributed by atoms with Crippen molar-refractivity contribution in [1.82, 2.24) is 25.6 Å². The fourth-order valence-corrected chi connectivity index (χ4v) is 5.03. The van der Waals surface area contributed by atoms with E-state index < -0.39 is 55.1 Å². The van der Waals surface area contributed by atoms with Gasteiger partial charge in [-0.15, -0.1) is 0 Å². The zero-order chi connectivity index (χ0) is 31.9. The number of ether oxygens (including phenoxy) is 1. The number of carbonyl (C=O) groups excluding carboxylic acids is 3. The molecular weight excluding hydrogens is 608 g/mol. The third kappa shape index (κ3) is 8.55. The molecular formula is C29H31ClF4N6O4. The third-order valence-corrected chi connectivity index (χ3v) is 7.50. The lowest BCUT2D eigenvalue weighted by Gasteiger charge is -2.38. The number of piperazine rings is 1. The van der Waals surface area contributed by atoms with Crippen molar-refractivity contribution in [3.63, 3.8) is 0 Å². The van der Waals surface area contributed by atoms with Crippen molar-refractivity contribution in [2.45, 2.75) is 44.6 Å². The number of carbonyl (C=O) groups is 3. The third-order valence-electron chi connectivity index (χ3n) is 7.08. The summed E-state index contributed by atoms with van der Waals surface area (Å²) in [5, 5.41) is 7.76. The van der Waals surface area contributed by atoms with Crippen LogP contribution in [0, 0.1) is 5.82 Å². The molecule has 0 radical (unpaired) electrons. The first-order chi connectivity index (χ1) is 20.9. The molecule has 1 aliphatic rings. The predicted molar refractivity (Wildman–Crippen MR) is 155 cm³/mol. The van der Waals surface area contributed by atoms with Crippen molar-refractivity contribution >= 4 is 46.1 Å². The molecule has 1 aliphatic heterocycles. The smallest absolute Gasteiger partial charge is 0.412 e. The van der Waals surface area contributed by atoms with Crippen LogP contribution in [-0.2, 0) is 20.9 Å². The molecule has 0 saturated carbocycles. The average Bonchev–Trinajstić information content (AvgIpc) is 2.99. The molecule has 2 heterocycles. The fourth-order valence-electron chi connectivity index (χ4n) is 4.83. The highest BCUT2D eigenvalue weighted by Gasteiger charge is 2.46. The van der Waals surface area contributed by atoms with Crippen LogP contribution in [0.1, 0.15) is 25.3 Å². The van der Waals surface area contributed by atoms with E-state index in [9.17, 15) is 31.9 Å². The number of amides is 3. The molecule has 0 aliphatic carbocycles. The first-order valence-corrected chi connectivity index (χ1v) is 14.1. The Morgan fingerprint density at radius 1 is 1.18 bits per heavy atom. The first kappa shape index (κ1) is 32.9. The van der Waals surface area contributed by atoms with Crippen molar-refractivity contribution in [2.24, 2.45) is 0 Å². The number of halogens is 5. The lowest BCUT2D eigenvalue weighted by Crippen LogP contribution is -2.59. The number of nitrogens with one attached hydrogen (secondary N) is 3. The maximum Gasteiger partial charge on any atom is 0.412 e. The Morgan fingerprint density at radius 2 is 1.93 bits per heavy atom. The average molecular weight is 639 g/mol. The van der Waals surface area contributed by atoms with Crippen LogP contribution in [0.5, 0.6) is 0 Å². The molecule has 1 fully saturated rings. The highest BCUT2D eigenvalue weighted by molar-refractivity contribution is 6.31. The molecule has 2 atom stereocenters. The zero-order valence-corrected chi connectivity index (χ0v) is 24.4. The van der Waals surface area contributed by atoms with E-state index in [1.54, 1.807) is 12.3 Å². The maximum atomic E-state index is 14.0. The van der Waals surface area contributed by atoms with Crippen LogP contribution in [0.3, 0.4) is 0 Å². The molecule has 0 bridgehead atoms. The lowest BCUT2D eigenvalue weighted by atomic mass is 10.1. The van der Waals surface area contributed by atoms with Gasteiger partial charge in [-0.3, -0.25) is 19.9 Å². The first-order valence-electron chi connectivity index (χ1n) is 13.8. The zero-order valence-electron chi connectivity index (χ0n) is 23.7. The van der Waals surface area contributed by atoms with Gasteiger partial charge in [-0.05, 0) is 29.5 Å². The molecule has 236 valence electrons. The Morgan fingerprint density at radius 3 is 2.66 bits per heavy atom. The Labute approximate surface area is 255 Å². The number of anilines is 1. The summed E-state index contributed by atoms with van der Waals surface area (Å²) < 4.78 is 60.1. The Kier molecular flexibility index (Phi) is 10.9. The second-order valence-electron chi connectivity index (χ2n) is 10.1. The van der Waals surface area contributed by atoms with Crippen molar-refractivity contribution < 1.29 is 36.7 Å². The molecule has 3 amide bonds. The van der Waals surface area contributed by atoms with E-state index >= 15 is 0 Å². The topological polar surface area (TPSA) is 116 Å². The number of aromatic nitrogens is 1. The molecule has 4 rings (SSSR count). The van der Waals surface area contributed by atoms with E-state index in [0.29, 0.717) is 5.56 Å². The summed E-state index contributed by atoms with van der Waals surface area (Å²) in [6.07, 6.45) is -4.49. The highest BCUT2D eigenvalue weighted by Crippen LogP contribution is 2.27. The minimum absolute atomic E-state index is 0.109. The maximum absolute atomic E-state index is 14.0. The van der Waals surface area contributed by atoms with E-state index in [2.05, 4.69) is 21.0 Å². The van der Waals surface area contributed by atoms with Gasteiger partial charge in [0.05, 0.1) is 11.1 Å². The van der Waals surface area contributed by atoms with Gasteiger partial charge in [0.15, 0.2) is 0 Å². The quantitative estimate of drug-likeness (QED) is 0.219. The second-order valence-corrected chi connectivity index (χ2v) is 10.5. The number of rotatable bonds is 10. The van der Waals surface area contributed by atoms with Gasteiger partial charge in [0.1, 0.15) is 24.3 Å². The second kappa shape index (κ2) is 14.6. The molecule has 3 aromatic rings. The van der Waals surface area contributed by atoms with Crippen LogP contribution in [0.2, 0.25) is 5.02 Å². The number of pyridine rings is 1. The molecule has 1 aromatic heterocycles. The van der Waals surface area contributed by atoms with Gasteiger partial charge in [0.25, 0.3) is 0 Å². The summed E-state index contributed by atoms with van der Waals surface area (Å²) in [5.41, 5.74) is 3.15. The normalized spacial score (nSPS) is 16.0. The van der Waals surface area contributed by atoms with E-state index in [1.807, 2.05) is 24.3 Å². The van der Waals surface area contributed by atoms with Crippen molar-refractivity contribution in [1.29, 1.82) is 0 Å². The van der Waals surface area contributed by atoms with Gasteiger partial charge in [-0.1, -0.05) is 48.0 Å². The van der Waals surface area contributed by atoms with Gasteiger partial charge in [-0.25, -0.2) is 19.6 Å². The summed E-state index contributed by atoms with van der Waals surface area (Å²) in [6.45, 7) is 0.300. The van der Waals surface area contributed by atoms with Gasteiger partial charge < -0.3 is 15.0 Å². The van der Waals surface area contributed by atoms with Crippen molar-refractivity contribution in [3.05, 3.63) is 71.1 Å². The van der Waals surface area contributed by atoms with Crippen LogP contribution in [0.15, 0.2) is 54.7 Å². The van der Waals surface area contributed by atoms with E-state index in [4.69, 9.17) is 16.3 Å². The Bertz CT molecular complexity index is 1490. The van der Waals surface area contributed by atoms with Crippen molar-refractivity contribution in [3.8, 4) is 0 Å². The molecule has 0 unspecified atom stereocenters. The van der Waals surface area contributed by atoms with Crippen LogP contribution in [0.4, 0.5) is 28.2 Å². The van der Waals surface area contributed by atoms with E-state index in [1.165, 1.54) is 25.1 Å². The van der Waals surface area contributed by atoms with Gasteiger partial charge in [0, 0.05) is 51.1 Å². The number of benzene rings is 2. The van der Waals surface area contributed by atoms with E-state index in [-0.39, 0.29) is 43.3 Å². The minimum atomic E-state index is -4.63. The van der Waals surface area contributed by atoms with Crippen LogP contribution < -0.4 is 16.1 Å². The van der Waals surface area contributed by atoms with E-state index in [0.717, 1.165) is 20.7 Å². The monoisotopic (exact) mass is 638 g/mol. The molecule has 44 heavy (non-hydrogen) atoms. The number of hydrogen-bond acceptors (Lipinski definition) is 7. The molecule has 15 heteroatoms. The largest absolute Gasteiger partial charge is 0.447 e. The summed E-state index contributed by atoms with van der Waals surface area (Å²) in [6, 6.07) is 10.2. The summed E-state index contributed by atoms with van der Waals surface area (Å²) in [5.74, 6) is -1.77. The van der Waals surface area contributed by atoms with Crippen LogP contribution in [-0.4, -0.2) is 77.3 Å². The Hall–Kier alpha value is -4.01. The van der Waals surface area contributed by atoms with Crippen LogP contribution >= 0.6 is 11.6 Å². The number of fused-ring (bicyclic) bond motifs is 1. The molecule has 2 aromatic carbocycles. The van der Waals surface area contributed by atoms with Gasteiger partial charge in [-0.2, -0.15) is 13.2 Å². The molecule has 10 nitrogen and oxygen atoms in total. The molecule has 3 N–H and O–H groups in total. The Balaban J connectivity index is 1.47. The van der Waals surface area contributed by atoms with Crippen molar-refractivity contribution in [2.75, 3.05) is 31.6 Å². The lowest BCUT2D eigenvalue weighted by molar-refractivity contribution is -0.192. The standard InChI is InChI=1S/C29H31ClF4N6O4/c1-18(41)40(37-15-21-7-4-8-23(31)27(21)30)22(9-10-26(42)39-12-11-35-16-24(39)29(32,33)34)17-44-28(43)38-25-13-19-5-2-3-6-20(19)14-36-25/h2-8,13-14,22,24,35,37H,9-12,15-17H2,1H3,(H,36,38,43)/t22-,24-/m0/s1. The SMILES string of the molecule is CC(=O)N(NCc1cccc(F)c1Cl)[C@@H](CCC(=O)N1CCNC[C@H]1C(F)(F)F)COC(=O)Nc1cc2ccccc2cn1. The van der Waals surface area contributed by atoms with Crippen LogP contribution in [0.25, 0.3) is 10.8 Å². The summed E-state index contributed by atoms with van der Waals surface area (Å²) in [7, 11) is 0. The molecule has 1 saturated heterocycles. The number of alkyl halides is 3. The van der Waals surface area contributed by atoms with Gasteiger partial charge >= 0.3 is 12.3 Å².